The zero-order chi connectivity index (χ0) is 26.8. The quantitative estimate of drug-likeness (QED) is 0.193. The van der Waals surface area contributed by atoms with Crippen molar-refractivity contribution < 1.29 is 19.0 Å². The number of aryl methyl sites for hydroxylation is 1. The number of benzene rings is 1. The Hall–Kier alpha value is -3.15. The average Bonchev–Trinajstić information content (AvgIpc) is 3.18. The van der Waals surface area contributed by atoms with Gasteiger partial charge in [0.1, 0.15) is 35.5 Å². The largest absolute Gasteiger partial charge is 0.460 e. The molecule has 0 N–H and O–H groups in total. The van der Waals surface area contributed by atoms with E-state index in [0.717, 1.165) is 24.4 Å². The van der Waals surface area contributed by atoms with E-state index >= 15 is 0 Å². The summed E-state index contributed by atoms with van der Waals surface area (Å²) in [5.74, 6) is 0.933. The molecule has 2 aromatic heterocycles. The lowest BCUT2D eigenvalue weighted by atomic mass is 9.84. The second-order valence-electron chi connectivity index (χ2n) is 12.0. The summed E-state index contributed by atoms with van der Waals surface area (Å²) in [7, 11) is -1.18. The van der Waals surface area contributed by atoms with Crippen LogP contribution in [0.3, 0.4) is 0 Å². The molecule has 0 aliphatic heterocycles. The van der Waals surface area contributed by atoms with E-state index in [4.69, 9.17) is 14.2 Å². The number of aromatic nitrogens is 2. The van der Waals surface area contributed by atoms with Crippen LogP contribution < -0.4 is 4.74 Å². The molecule has 0 bridgehead atoms. The van der Waals surface area contributed by atoms with E-state index in [1.54, 1.807) is 18.5 Å². The van der Waals surface area contributed by atoms with Crippen LogP contribution in [-0.4, -0.2) is 35.8 Å². The highest BCUT2D eigenvalue weighted by molar-refractivity contribution is 6.76. The SMILES string of the molecule is CC(C)(C)OC(=O)C1CCc2ccc(Oc3ccnc4c3c(C#N)cn4COCC[Si](C)(C)C)cc2C1. The Kier molecular flexibility index (Phi) is 7.76. The van der Waals surface area contributed by atoms with E-state index in [2.05, 4.69) is 36.8 Å². The van der Waals surface area contributed by atoms with Gasteiger partial charge in [-0.25, -0.2) is 4.98 Å². The van der Waals surface area contributed by atoms with Gasteiger partial charge in [0, 0.05) is 27.1 Å². The van der Waals surface area contributed by atoms with Crippen molar-refractivity contribution in [2.24, 2.45) is 5.92 Å². The van der Waals surface area contributed by atoms with Gasteiger partial charge in [-0.15, -0.1) is 0 Å². The molecule has 37 heavy (non-hydrogen) atoms. The lowest BCUT2D eigenvalue weighted by Gasteiger charge is -2.27. The number of esters is 1. The molecule has 4 rings (SSSR count). The van der Waals surface area contributed by atoms with E-state index in [-0.39, 0.29) is 11.9 Å². The monoisotopic (exact) mass is 519 g/mol. The molecule has 1 aromatic carbocycles. The number of pyridine rings is 1. The Morgan fingerprint density at radius 1 is 1.22 bits per heavy atom. The summed E-state index contributed by atoms with van der Waals surface area (Å²) in [5, 5.41) is 10.5. The summed E-state index contributed by atoms with van der Waals surface area (Å²) in [5.41, 5.74) is 2.98. The van der Waals surface area contributed by atoms with E-state index in [1.807, 2.05) is 37.5 Å². The first-order valence-corrected chi connectivity index (χ1v) is 16.6. The molecule has 7 nitrogen and oxygen atoms in total. The Labute approximate surface area is 220 Å². The summed E-state index contributed by atoms with van der Waals surface area (Å²) in [6, 6.07) is 11.1. The van der Waals surface area contributed by atoms with Gasteiger partial charge in [-0.3, -0.25) is 4.79 Å². The Balaban J connectivity index is 1.54. The smallest absolute Gasteiger partial charge is 0.309 e. The van der Waals surface area contributed by atoms with Crippen LogP contribution in [0, 0.1) is 17.2 Å². The van der Waals surface area contributed by atoms with Crippen LogP contribution in [0.5, 0.6) is 11.5 Å². The summed E-state index contributed by atoms with van der Waals surface area (Å²) >= 11 is 0. The molecule has 2 heterocycles. The van der Waals surface area contributed by atoms with E-state index in [0.29, 0.717) is 47.9 Å². The van der Waals surface area contributed by atoms with Crippen LogP contribution in [0.15, 0.2) is 36.7 Å². The zero-order valence-corrected chi connectivity index (χ0v) is 23.8. The fourth-order valence-corrected chi connectivity index (χ4v) is 5.26. The molecule has 1 aliphatic carbocycles. The third-order valence-corrected chi connectivity index (χ3v) is 8.14. The standard InChI is InChI=1S/C29H37N3O4Si/c1-29(2,3)36-28(33)21-8-7-20-9-10-24(16-22(20)15-21)35-25-11-12-31-27-26(25)23(17-30)18-32(27)19-34-13-14-37(4,5)6/h9-12,16,18,21H,7-8,13-15,19H2,1-6H3. The third kappa shape index (κ3) is 6.79. The van der Waals surface area contributed by atoms with Crippen LogP contribution in [0.4, 0.5) is 0 Å². The highest BCUT2D eigenvalue weighted by Gasteiger charge is 2.29. The minimum Gasteiger partial charge on any atom is -0.460 e. The summed E-state index contributed by atoms with van der Waals surface area (Å²) in [4.78, 5) is 17.2. The maximum absolute atomic E-state index is 12.7. The summed E-state index contributed by atoms with van der Waals surface area (Å²) in [6.07, 6.45) is 5.71. The second-order valence-corrected chi connectivity index (χ2v) is 17.6. The molecule has 196 valence electrons. The molecule has 1 atom stereocenters. The van der Waals surface area contributed by atoms with Gasteiger partial charge >= 0.3 is 5.97 Å². The molecule has 0 amide bonds. The number of hydrogen-bond donors (Lipinski definition) is 0. The average molecular weight is 520 g/mol. The molecule has 0 radical (unpaired) electrons. The summed E-state index contributed by atoms with van der Waals surface area (Å²) in [6.45, 7) is 13.7. The fraction of sp³-hybridized carbons (Fsp3) is 0.483. The molecule has 0 saturated heterocycles. The van der Waals surface area contributed by atoms with Gasteiger partial charge in [-0.1, -0.05) is 25.7 Å². The Morgan fingerprint density at radius 3 is 2.70 bits per heavy atom. The molecular formula is C29H37N3O4Si. The van der Waals surface area contributed by atoms with Gasteiger partial charge in [0.2, 0.25) is 0 Å². The lowest BCUT2D eigenvalue weighted by molar-refractivity contribution is -0.160. The number of nitriles is 1. The number of fused-ring (bicyclic) bond motifs is 2. The fourth-order valence-electron chi connectivity index (χ4n) is 4.51. The van der Waals surface area contributed by atoms with Crippen molar-refractivity contribution in [1.29, 1.82) is 5.26 Å². The molecule has 3 aromatic rings. The zero-order valence-electron chi connectivity index (χ0n) is 22.8. The van der Waals surface area contributed by atoms with Gasteiger partial charge in [-0.05, 0) is 75.4 Å². The molecule has 1 aliphatic rings. The number of rotatable bonds is 8. The topological polar surface area (TPSA) is 86.4 Å². The first kappa shape index (κ1) is 26.9. The van der Waals surface area contributed by atoms with Gasteiger partial charge in [0.05, 0.1) is 16.9 Å². The van der Waals surface area contributed by atoms with Crippen LogP contribution in [-0.2, 0) is 33.8 Å². The molecule has 0 fully saturated rings. The van der Waals surface area contributed by atoms with Gasteiger partial charge in [0.25, 0.3) is 0 Å². The van der Waals surface area contributed by atoms with E-state index < -0.39 is 13.7 Å². The number of ether oxygens (including phenoxy) is 3. The first-order chi connectivity index (χ1) is 17.4. The van der Waals surface area contributed by atoms with Gasteiger partial charge in [0.15, 0.2) is 0 Å². The predicted molar refractivity (Wildman–Crippen MR) is 146 cm³/mol. The van der Waals surface area contributed by atoms with E-state index in [9.17, 15) is 10.1 Å². The minimum atomic E-state index is -1.18. The highest BCUT2D eigenvalue weighted by atomic mass is 28.3. The van der Waals surface area contributed by atoms with E-state index in [1.165, 1.54) is 5.56 Å². The molecular weight excluding hydrogens is 482 g/mol. The minimum absolute atomic E-state index is 0.146. The molecule has 0 spiro atoms. The predicted octanol–water partition coefficient (Wildman–Crippen LogP) is 6.46. The van der Waals surface area contributed by atoms with Crippen molar-refractivity contribution in [3.8, 4) is 17.6 Å². The third-order valence-electron chi connectivity index (χ3n) is 6.44. The van der Waals surface area contributed by atoms with Crippen molar-refractivity contribution in [1.82, 2.24) is 9.55 Å². The molecule has 1 unspecified atom stereocenters. The molecule has 0 saturated carbocycles. The Bertz CT molecular complexity index is 1330. The summed E-state index contributed by atoms with van der Waals surface area (Å²) < 4.78 is 19.7. The first-order valence-electron chi connectivity index (χ1n) is 12.9. The number of hydrogen-bond acceptors (Lipinski definition) is 6. The normalized spacial score (nSPS) is 15.8. The van der Waals surface area contributed by atoms with Crippen molar-refractivity contribution in [3.05, 3.63) is 53.3 Å². The van der Waals surface area contributed by atoms with Crippen molar-refractivity contribution in [2.45, 2.75) is 78.1 Å². The number of carbonyl (C=O) groups excluding carboxylic acids is 1. The van der Waals surface area contributed by atoms with Crippen LogP contribution in [0.1, 0.15) is 43.9 Å². The van der Waals surface area contributed by atoms with Crippen molar-refractivity contribution in [3.63, 3.8) is 0 Å². The lowest BCUT2D eigenvalue weighted by Crippen LogP contribution is -2.31. The second kappa shape index (κ2) is 10.7. The maximum Gasteiger partial charge on any atom is 0.309 e. The number of carbonyl (C=O) groups is 1. The van der Waals surface area contributed by atoms with Gasteiger partial charge < -0.3 is 18.8 Å². The van der Waals surface area contributed by atoms with Gasteiger partial charge in [-0.2, -0.15) is 5.26 Å². The molecule has 8 heteroatoms. The maximum atomic E-state index is 12.7. The number of nitrogens with zero attached hydrogens (tertiary/aromatic N) is 3. The van der Waals surface area contributed by atoms with Crippen LogP contribution >= 0.6 is 0 Å². The highest BCUT2D eigenvalue weighted by Crippen LogP contribution is 2.35. The van der Waals surface area contributed by atoms with Crippen molar-refractivity contribution in [2.75, 3.05) is 6.61 Å². The van der Waals surface area contributed by atoms with Crippen LogP contribution in [0.2, 0.25) is 25.7 Å². The van der Waals surface area contributed by atoms with Crippen LogP contribution in [0.25, 0.3) is 11.0 Å². The van der Waals surface area contributed by atoms with Crippen molar-refractivity contribution >= 4 is 25.1 Å². The Morgan fingerprint density at radius 2 is 2.00 bits per heavy atom.